The molecule has 2 aromatic heterocycles. The van der Waals surface area contributed by atoms with Gasteiger partial charge in [-0.25, -0.2) is 18.9 Å². The van der Waals surface area contributed by atoms with Gasteiger partial charge >= 0.3 is 5.97 Å². The lowest BCUT2D eigenvalue weighted by molar-refractivity contribution is 0.0631. The van der Waals surface area contributed by atoms with Gasteiger partial charge in [0.15, 0.2) is 11.3 Å². The zero-order valence-electron chi connectivity index (χ0n) is 21.8. The molecular formula is C29H36FN5O2. The maximum atomic E-state index is 13.7. The van der Waals surface area contributed by atoms with Crippen LogP contribution in [0.15, 0.2) is 30.3 Å². The number of rotatable bonds is 5. The third kappa shape index (κ3) is 4.39. The number of carbonyl (C=O) groups is 1. The van der Waals surface area contributed by atoms with E-state index in [1.807, 2.05) is 0 Å². The van der Waals surface area contributed by atoms with Gasteiger partial charge in [-0.05, 0) is 101 Å². The number of carboxylic acids is 1. The predicted molar refractivity (Wildman–Crippen MR) is 142 cm³/mol. The van der Waals surface area contributed by atoms with Crippen LogP contribution in [0, 0.1) is 11.2 Å². The quantitative estimate of drug-likeness (QED) is 0.485. The average Bonchev–Trinajstić information content (AvgIpc) is 3.23. The molecule has 37 heavy (non-hydrogen) atoms. The van der Waals surface area contributed by atoms with Crippen LogP contribution in [-0.2, 0) is 0 Å². The molecule has 3 aromatic rings. The molecule has 2 aliphatic heterocycles. The summed E-state index contributed by atoms with van der Waals surface area (Å²) >= 11 is 0. The molecule has 196 valence electrons. The number of aromatic carboxylic acids is 1. The van der Waals surface area contributed by atoms with Gasteiger partial charge in [0, 0.05) is 25.0 Å². The summed E-state index contributed by atoms with van der Waals surface area (Å²) in [5.74, 6) is -1.02. The van der Waals surface area contributed by atoms with Gasteiger partial charge in [0.2, 0.25) is 0 Å². The summed E-state index contributed by atoms with van der Waals surface area (Å²) in [5.41, 5.74) is 3.58. The standard InChI is InChI=1S/C29H36FN5O2/c1-19(2)33-14-10-29(11-15-33)12-16-34(17-13-29)24-18-23(28(36)37)31-27-25(24)26(20-4-3-5-20)32-35(27)22-8-6-21(30)7-9-22/h6-9,18-20H,3-5,10-17H2,1-2H3,(H,36,37). The highest BCUT2D eigenvalue weighted by molar-refractivity contribution is 5.98. The van der Waals surface area contributed by atoms with Gasteiger partial charge in [0.1, 0.15) is 5.82 Å². The van der Waals surface area contributed by atoms with E-state index in [0.717, 1.165) is 68.6 Å². The summed E-state index contributed by atoms with van der Waals surface area (Å²) in [5, 5.41) is 15.9. The van der Waals surface area contributed by atoms with Crippen molar-refractivity contribution >= 4 is 22.7 Å². The van der Waals surface area contributed by atoms with Gasteiger partial charge in [-0.3, -0.25) is 0 Å². The highest BCUT2D eigenvalue weighted by atomic mass is 19.1. The van der Waals surface area contributed by atoms with Gasteiger partial charge < -0.3 is 14.9 Å². The molecule has 0 amide bonds. The van der Waals surface area contributed by atoms with Crippen molar-refractivity contribution in [2.45, 2.75) is 70.8 Å². The van der Waals surface area contributed by atoms with Crippen LogP contribution in [0.1, 0.15) is 80.9 Å². The lowest BCUT2D eigenvalue weighted by Crippen LogP contribution is -2.48. The number of likely N-dealkylation sites (tertiary alicyclic amines) is 1. The first-order valence-electron chi connectivity index (χ1n) is 13.8. The van der Waals surface area contributed by atoms with Crippen LogP contribution in [0.25, 0.3) is 16.7 Å². The molecule has 7 nitrogen and oxygen atoms in total. The summed E-state index contributed by atoms with van der Waals surface area (Å²) in [6, 6.07) is 8.51. The van der Waals surface area contributed by atoms with Crippen molar-refractivity contribution in [3.63, 3.8) is 0 Å². The largest absolute Gasteiger partial charge is 0.477 e. The Morgan fingerprint density at radius 3 is 2.27 bits per heavy atom. The molecule has 1 N–H and O–H groups in total. The van der Waals surface area contributed by atoms with Crippen LogP contribution < -0.4 is 4.90 Å². The first-order chi connectivity index (χ1) is 17.8. The number of fused-ring (bicyclic) bond motifs is 1. The molecule has 2 saturated heterocycles. The number of pyridine rings is 1. The van der Waals surface area contributed by atoms with Gasteiger partial charge in [0.05, 0.1) is 22.5 Å². The first kappa shape index (κ1) is 24.3. The van der Waals surface area contributed by atoms with Crippen molar-refractivity contribution in [2.24, 2.45) is 5.41 Å². The Bertz CT molecular complexity index is 1300. The monoisotopic (exact) mass is 505 g/mol. The summed E-state index contributed by atoms with van der Waals surface area (Å²) in [6.07, 6.45) is 8.04. The Kier molecular flexibility index (Phi) is 6.18. The maximum Gasteiger partial charge on any atom is 0.354 e. The zero-order chi connectivity index (χ0) is 25.7. The lowest BCUT2D eigenvalue weighted by Gasteiger charge is -2.48. The van der Waals surface area contributed by atoms with E-state index >= 15 is 0 Å². The summed E-state index contributed by atoms with van der Waals surface area (Å²) < 4.78 is 15.4. The first-order valence-corrected chi connectivity index (χ1v) is 13.8. The van der Waals surface area contributed by atoms with E-state index in [1.165, 1.54) is 31.4 Å². The molecule has 0 unspecified atom stereocenters. The van der Waals surface area contributed by atoms with Crippen molar-refractivity contribution in [1.82, 2.24) is 19.7 Å². The van der Waals surface area contributed by atoms with Gasteiger partial charge in [-0.1, -0.05) is 6.42 Å². The number of halogens is 1. The smallest absolute Gasteiger partial charge is 0.354 e. The van der Waals surface area contributed by atoms with Crippen LogP contribution in [0.2, 0.25) is 0 Å². The predicted octanol–water partition coefficient (Wildman–Crippen LogP) is 5.62. The summed E-state index contributed by atoms with van der Waals surface area (Å²) in [7, 11) is 0. The molecule has 0 atom stereocenters. The van der Waals surface area contributed by atoms with E-state index in [-0.39, 0.29) is 11.5 Å². The molecule has 4 heterocycles. The van der Waals surface area contributed by atoms with E-state index in [4.69, 9.17) is 5.10 Å². The Labute approximate surface area is 217 Å². The third-order valence-corrected chi connectivity index (χ3v) is 9.18. The zero-order valence-corrected chi connectivity index (χ0v) is 21.8. The van der Waals surface area contributed by atoms with E-state index in [2.05, 4.69) is 28.6 Å². The molecule has 0 bridgehead atoms. The molecule has 1 saturated carbocycles. The SMILES string of the molecule is CC(C)N1CCC2(CCN(c3cc(C(=O)O)nc4c3c(C3CCC3)nn4-c3ccc(F)cc3)CC2)CC1. The Hall–Kier alpha value is -3.00. The van der Waals surface area contributed by atoms with E-state index < -0.39 is 5.97 Å². The minimum absolute atomic E-state index is 0.0245. The second-order valence-electron chi connectivity index (χ2n) is 11.5. The van der Waals surface area contributed by atoms with E-state index in [9.17, 15) is 14.3 Å². The number of nitrogens with zero attached hydrogens (tertiary/aromatic N) is 5. The van der Waals surface area contributed by atoms with Crippen LogP contribution in [0.3, 0.4) is 0 Å². The minimum Gasteiger partial charge on any atom is -0.477 e. The van der Waals surface area contributed by atoms with Crippen LogP contribution in [0.5, 0.6) is 0 Å². The molecule has 6 rings (SSSR count). The highest BCUT2D eigenvalue weighted by Crippen LogP contribution is 2.46. The average molecular weight is 506 g/mol. The minimum atomic E-state index is -1.05. The fourth-order valence-electron chi connectivity index (χ4n) is 6.45. The molecular weight excluding hydrogens is 469 g/mol. The fraction of sp³-hybridized carbons (Fsp3) is 0.552. The topological polar surface area (TPSA) is 74.5 Å². The van der Waals surface area contributed by atoms with E-state index in [0.29, 0.717) is 28.7 Å². The molecule has 1 aliphatic carbocycles. The fourth-order valence-corrected chi connectivity index (χ4v) is 6.45. The molecule has 3 fully saturated rings. The van der Waals surface area contributed by atoms with Gasteiger partial charge in [-0.15, -0.1) is 0 Å². The normalized spacial score (nSPS) is 20.6. The molecule has 1 spiro atoms. The summed E-state index contributed by atoms with van der Waals surface area (Å²) in [6.45, 7) is 8.70. The number of benzene rings is 1. The van der Waals surface area contributed by atoms with Crippen molar-refractivity contribution in [2.75, 3.05) is 31.1 Å². The Morgan fingerprint density at radius 2 is 1.70 bits per heavy atom. The molecule has 3 aliphatic rings. The van der Waals surface area contributed by atoms with Gasteiger partial charge in [0.25, 0.3) is 0 Å². The van der Waals surface area contributed by atoms with Gasteiger partial charge in [-0.2, -0.15) is 5.10 Å². The number of hydrogen-bond acceptors (Lipinski definition) is 5. The lowest BCUT2D eigenvalue weighted by atomic mass is 9.71. The molecule has 0 radical (unpaired) electrons. The van der Waals surface area contributed by atoms with Crippen molar-refractivity contribution < 1.29 is 14.3 Å². The number of carboxylic acid groups (broad SMARTS) is 1. The van der Waals surface area contributed by atoms with Crippen LogP contribution in [-0.4, -0.2) is 63.0 Å². The Balaban J connectivity index is 1.39. The molecule has 8 heteroatoms. The maximum absolute atomic E-state index is 13.7. The number of piperidine rings is 2. The van der Waals surface area contributed by atoms with E-state index in [1.54, 1.807) is 22.9 Å². The third-order valence-electron chi connectivity index (χ3n) is 9.18. The second kappa shape index (κ2) is 9.39. The second-order valence-corrected chi connectivity index (χ2v) is 11.5. The van der Waals surface area contributed by atoms with Crippen LogP contribution in [0.4, 0.5) is 10.1 Å². The number of anilines is 1. The highest BCUT2D eigenvalue weighted by Gasteiger charge is 2.39. The molecule has 1 aromatic carbocycles. The number of aromatic nitrogens is 3. The summed E-state index contributed by atoms with van der Waals surface area (Å²) in [4.78, 5) is 21.7. The van der Waals surface area contributed by atoms with Crippen molar-refractivity contribution in [1.29, 1.82) is 0 Å². The number of hydrogen-bond donors (Lipinski definition) is 1. The van der Waals surface area contributed by atoms with Crippen molar-refractivity contribution in [3.05, 3.63) is 47.5 Å². The van der Waals surface area contributed by atoms with Crippen molar-refractivity contribution in [3.8, 4) is 5.69 Å². The van der Waals surface area contributed by atoms with Crippen LogP contribution >= 0.6 is 0 Å². The Morgan fingerprint density at radius 1 is 1.05 bits per heavy atom.